The second-order valence-corrected chi connectivity index (χ2v) is 4.58. The molecular weight excluding hydrogens is 252 g/mol. The monoisotopic (exact) mass is 271 g/mol. The second-order valence-electron chi connectivity index (χ2n) is 4.58. The summed E-state index contributed by atoms with van der Waals surface area (Å²) in [4.78, 5) is 9.00. The lowest BCUT2D eigenvalue weighted by atomic mass is 10.1. The molecule has 106 valence electrons. The summed E-state index contributed by atoms with van der Waals surface area (Å²) in [5.41, 5.74) is 3.34. The maximum atomic E-state index is 11.9. The predicted octanol–water partition coefficient (Wildman–Crippen LogP) is 1.86. The van der Waals surface area contributed by atoms with E-state index < -0.39 is 13.0 Å². The van der Waals surface area contributed by atoms with Gasteiger partial charge >= 0.3 is 0 Å². The van der Waals surface area contributed by atoms with E-state index in [1.165, 1.54) is 5.56 Å². The summed E-state index contributed by atoms with van der Waals surface area (Å²) in [6.45, 7) is 3.42. The Hall–Kier alpha value is -1.14. The average molecular weight is 271 g/mol. The van der Waals surface area contributed by atoms with Crippen LogP contribution in [0.15, 0.2) is 0 Å². The lowest BCUT2D eigenvalue weighted by Crippen LogP contribution is -2.11. The van der Waals surface area contributed by atoms with Crippen LogP contribution >= 0.6 is 0 Å². The lowest BCUT2D eigenvalue weighted by molar-refractivity contribution is 0.0182. The molecule has 1 aliphatic heterocycles. The van der Waals surface area contributed by atoms with Crippen molar-refractivity contribution in [3.8, 4) is 0 Å². The van der Waals surface area contributed by atoms with Crippen LogP contribution in [0.25, 0.3) is 0 Å². The number of aromatic nitrogens is 2. The highest BCUT2D eigenvalue weighted by atomic mass is 19.3. The van der Waals surface area contributed by atoms with Crippen molar-refractivity contribution in [1.82, 2.24) is 15.3 Å². The number of nitrogens with zero attached hydrogens (tertiary/aromatic N) is 2. The van der Waals surface area contributed by atoms with Gasteiger partial charge in [0.05, 0.1) is 12.3 Å². The van der Waals surface area contributed by atoms with Crippen molar-refractivity contribution >= 4 is 0 Å². The second kappa shape index (κ2) is 6.86. The third-order valence-electron chi connectivity index (χ3n) is 3.02. The van der Waals surface area contributed by atoms with E-state index >= 15 is 0 Å². The van der Waals surface area contributed by atoms with Crippen molar-refractivity contribution < 1.29 is 13.5 Å². The van der Waals surface area contributed by atoms with Crippen LogP contribution in [-0.4, -0.2) is 29.6 Å². The number of rotatable bonds is 7. The number of hydrogen-bond acceptors (Lipinski definition) is 4. The van der Waals surface area contributed by atoms with Crippen molar-refractivity contribution in [2.24, 2.45) is 0 Å². The first-order valence-electron chi connectivity index (χ1n) is 6.64. The van der Waals surface area contributed by atoms with Crippen molar-refractivity contribution in [3.05, 3.63) is 22.8 Å². The molecule has 0 saturated carbocycles. The van der Waals surface area contributed by atoms with Gasteiger partial charge in [0.25, 0.3) is 6.43 Å². The summed E-state index contributed by atoms with van der Waals surface area (Å²) in [6.07, 6.45) is 0.0274. The quantitative estimate of drug-likeness (QED) is 0.769. The Balaban J connectivity index is 1.99. The molecule has 0 radical (unpaired) electrons. The number of alkyl halides is 2. The highest BCUT2D eigenvalue weighted by molar-refractivity contribution is 5.29. The van der Waals surface area contributed by atoms with Crippen LogP contribution in [-0.2, 0) is 30.7 Å². The maximum Gasteiger partial charge on any atom is 0.261 e. The SMILES string of the molecule is CCCc1nc(CCOCC(F)F)nc2c1CNC2. The van der Waals surface area contributed by atoms with E-state index in [2.05, 4.69) is 22.2 Å². The molecule has 0 atom stereocenters. The third kappa shape index (κ3) is 3.91. The van der Waals surface area contributed by atoms with Gasteiger partial charge in [0.15, 0.2) is 0 Å². The van der Waals surface area contributed by atoms with E-state index in [4.69, 9.17) is 4.74 Å². The van der Waals surface area contributed by atoms with Gasteiger partial charge in [-0.3, -0.25) is 0 Å². The molecule has 0 unspecified atom stereocenters. The standard InChI is InChI=1S/C13H19F2N3O/c1-2-3-10-9-6-16-7-11(9)18-13(17-10)4-5-19-8-12(14)15/h12,16H,2-8H2,1H3. The molecule has 2 heterocycles. The summed E-state index contributed by atoms with van der Waals surface area (Å²) >= 11 is 0. The van der Waals surface area contributed by atoms with Crippen molar-refractivity contribution in [1.29, 1.82) is 0 Å². The van der Waals surface area contributed by atoms with Crippen LogP contribution in [0.4, 0.5) is 8.78 Å². The number of nitrogens with one attached hydrogen (secondary N) is 1. The van der Waals surface area contributed by atoms with Gasteiger partial charge in [0, 0.05) is 30.8 Å². The van der Waals surface area contributed by atoms with E-state index in [1.807, 2.05) is 0 Å². The number of fused-ring (bicyclic) bond motifs is 1. The van der Waals surface area contributed by atoms with Crippen LogP contribution in [0.5, 0.6) is 0 Å². The van der Waals surface area contributed by atoms with E-state index in [-0.39, 0.29) is 6.61 Å². The maximum absolute atomic E-state index is 11.9. The number of ether oxygens (including phenoxy) is 1. The van der Waals surface area contributed by atoms with Gasteiger partial charge in [-0.1, -0.05) is 13.3 Å². The first kappa shape index (κ1) is 14.3. The molecule has 1 aliphatic rings. The van der Waals surface area contributed by atoms with Gasteiger partial charge < -0.3 is 10.1 Å². The van der Waals surface area contributed by atoms with Crippen LogP contribution in [0.1, 0.15) is 36.1 Å². The summed E-state index contributed by atoms with van der Waals surface area (Å²) in [5, 5.41) is 3.26. The highest BCUT2D eigenvalue weighted by Gasteiger charge is 2.18. The molecule has 4 nitrogen and oxygen atoms in total. The van der Waals surface area contributed by atoms with E-state index in [9.17, 15) is 8.78 Å². The van der Waals surface area contributed by atoms with Crippen LogP contribution < -0.4 is 5.32 Å². The van der Waals surface area contributed by atoms with Gasteiger partial charge in [0.1, 0.15) is 12.4 Å². The molecule has 0 amide bonds. The summed E-state index contributed by atoms with van der Waals surface area (Å²) in [6, 6.07) is 0. The normalized spacial score (nSPS) is 14.1. The van der Waals surface area contributed by atoms with E-state index in [1.54, 1.807) is 0 Å². The fourth-order valence-corrected chi connectivity index (χ4v) is 2.19. The molecule has 0 fully saturated rings. The largest absolute Gasteiger partial charge is 0.375 e. The zero-order valence-corrected chi connectivity index (χ0v) is 11.1. The Morgan fingerprint density at radius 2 is 2.11 bits per heavy atom. The molecule has 0 bridgehead atoms. The minimum Gasteiger partial charge on any atom is -0.375 e. The molecule has 0 spiro atoms. The van der Waals surface area contributed by atoms with E-state index in [0.717, 1.165) is 37.3 Å². The average Bonchev–Trinajstić information content (AvgIpc) is 2.83. The molecule has 1 N–H and O–H groups in total. The van der Waals surface area contributed by atoms with Gasteiger partial charge in [0.2, 0.25) is 0 Å². The molecule has 0 aliphatic carbocycles. The zero-order valence-electron chi connectivity index (χ0n) is 11.1. The summed E-state index contributed by atoms with van der Waals surface area (Å²) < 4.78 is 28.8. The molecule has 19 heavy (non-hydrogen) atoms. The van der Waals surface area contributed by atoms with Crippen LogP contribution in [0.2, 0.25) is 0 Å². The van der Waals surface area contributed by atoms with Crippen LogP contribution in [0.3, 0.4) is 0 Å². The molecule has 0 saturated heterocycles. The predicted molar refractivity (Wildman–Crippen MR) is 67.1 cm³/mol. The zero-order chi connectivity index (χ0) is 13.7. The Bertz CT molecular complexity index is 427. The Kier molecular flexibility index (Phi) is 5.15. The Labute approximate surface area is 111 Å². The molecular formula is C13H19F2N3O. The van der Waals surface area contributed by atoms with Gasteiger partial charge in [-0.15, -0.1) is 0 Å². The van der Waals surface area contributed by atoms with Gasteiger partial charge in [-0.2, -0.15) is 0 Å². The first-order chi connectivity index (χ1) is 9.20. The van der Waals surface area contributed by atoms with Crippen molar-refractivity contribution in [3.63, 3.8) is 0 Å². The number of aryl methyl sites for hydroxylation is 1. The third-order valence-corrected chi connectivity index (χ3v) is 3.02. The van der Waals surface area contributed by atoms with Crippen molar-refractivity contribution in [2.75, 3.05) is 13.2 Å². The van der Waals surface area contributed by atoms with E-state index in [0.29, 0.717) is 12.2 Å². The fraction of sp³-hybridized carbons (Fsp3) is 0.692. The Morgan fingerprint density at radius 1 is 1.26 bits per heavy atom. The topological polar surface area (TPSA) is 47.0 Å². The minimum atomic E-state index is -2.42. The molecule has 1 aromatic rings. The first-order valence-corrected chi connectivity index (χ1v) is 6.64. The van der Waals surface area contributed by atoms with Gasteiger partial charge in [-0.25, -0.2) is 18.7 Å². The Morgan fingerprint density at radius 3 is 2.84 bits per heavy atom. The van der Waals surface area contributed by atoms with Crippen molar-refractivity contribution in [2.45, 2.75) is 45.7 Å². The summed E-state index contributed by atoms with van der Waals surface area (Å²) in [5.74, 6) is 0.695. The summed E-state index contributed by atoms with van der Waals surface area (Å²) in [7, 11) is 0. The molecule has 0 aromatic carbocycles. The number of hydrogen-bond donors (Lipinski definition) is 1. The van der Waals surface area contributed by atoms with Gasteiger partial charge in [-0.05, 0) is 6.42 Å². The molecule has 2 rings (SSSR count). The lowest BCUT2D eigenvalue weighted by Gasteiger charge is -2.09. The highest BCUT2D eigenvalue weighted by Crippen LogP contribution is 2.18. The minimum absolute atomic E-state index is 0.238. The molecule has 1 aromatic heterocycles. The molecule has 6 heteroatoms. The number of halogens is 2. The smallest absolute Gasteiger partial charge is 0.261 e. The van der Waals surface area contributed by atoms with Crippen LogP contribution in [0, 0.1) is 0 Å². The fourth-order valence-electron chi connectivity index (χ4n) is 2.19.